The molecule has 7 heteroatoms. The fourth-order valence-corrected chi connectivity index (χ4v) is 2.18. The van der Waals surface area contributed by atoms with Gasteiger partial charge in [0, 0.05) is 11.1 Å². The summed E-state index contributed by atoms with van der Waals surface area (Å²) in [7, 11) is -4.30. The van der Waals surface area contributed by atoms with E-state index in [1.807, 2.05) is 0 Å². The number of rotatable bonds is 6. The molecule has 108 valence electrons. The van der Waals surface area contributed by atoms with Crippen LogP contribution in [0.25, 0.3) is 0 Å². The zero-order chi connectivity index (χ0) is 15.3. The molecule has 2 rings (SSSR count). The smallest absolute Gasteiger partial charge is 0.353 e. The maximum Gasteiger partial charge on any atom is 0.500 e. The Labute approximate surface area is 121 Å². The van der Waals surface area contributed by atoms with E-state index in [-0.39, 0.29) is 11.5 Å². The fourth-order valence-electron chi connectivity index (χ4n) is 1.46. The van der Waals surface area contributed by atoms with Crippen LogP contribution in [0.5, 0.6) is 11.5 Å². The Balaban J connectivity index is 2.09. The van der Waals surface area contributed by atoms with Crippen molar-refractivity contribution in [2.24, 2.45) is 0 Å². The van der Waals surface area contributed by atoms with Gasteiger partial charge in [-0.05, 0) is 48.5 Å². The van der Waals surface area contributed by atoms with Crippen molar-refractivity contribution < 1.29 is 26.4 Å². The lowest BCUT2D eigenvalue weighted by Gasteiger charge is -2.07. The zero-order valence-corrected chi connectivity index (χ0v) is 11.4. The van der Waals surface area contributed by atoms with Crippen molar-refractivity contribution in [3.05, 3.63) is 59.7 Å². The molecule has 0 amide bonds. The lowest BCUT2D eigenvalue weighted by Crippen LogP contribution is -2.16. The summed E-state index contributed by atoms with van der Waals surface area (Å²) in [5, 5.41) is 0. The van der Waals surface area contributed by atoms with Crippen LogP contribution in [-0.4, -0.2) is 21.0 Å². The van der Waals surface area contributed by atoms with Gasteiger partial charge in [0.05, 0.1) is 0 Å². The molecule has 0 saturated carbocycles. The van der Waals surface area contributed by atoms with E-state index in [1.165, 1.54) is 48.5 Å². The molecule has 0 heterocycles. The summed E-state index contributed by atoms with van der Waals surface area (Å²) in [6.45, 7) is 0. The second kappa shape index (κ2) is 6.19. The molecule has 0 bridgehead atoms. The molecular formula is C14H10O6S. The number of benzene rings is 2. The van der Waals surface area contributed by atoms with E-state index in [0.717, 1.165) is 0 Å². The van der Waals surface area contributed by atoms with Crippen LogP contribution in [0.15, 0.2) is 48.5 Å². The van der Waals surface area contributed by atoms with Crippen molar-refractivity contribution in [1.29, 1.82) is 0 Å². The van der Waals surface area contributed by atoms with Crippen LogP contribution in [0.2, 0.25) is 0 Å². The molecule has 0 unspecified atom stereocenters. The maximum absolute atomic E-state index is 11.7. The third-order valence-corrected chi connectivity index (χ3v) is 3.22. The van der Waals surface area contributed by atoms with Crippen molar-refractivity contribution in [3.63, 3.8) is 0 Å². The van der Waals surface area contributed by atoms with E-state index in [0.29, 0.717) is 23.7 Å². The molecule has 0 aromatic heterocycles. The first kappa shape index (κ1) is 14.7. The van der Waals surface area contributed by atoms with Crippen LogP contribution in [0.4, 0.5) is 0 Å². The van der Waals surface area contributed by atoms with Crippen LogP contribution >= 0.6 is 0 Å². The van der Waals surface area contributed by atoms with E-state index >= 15 is 0 Å². The highest BCUT2D eigenvalue weighted by Crippen LogP contribution is 2.18. The first-order chi connectivity index (χ1) is 10.0. The summed E-state index contributed by atoms with van der Waals surface area (Å²) in [5.74, 6) is 0.0372. The van der Waals surface area contributed by atoms with Crippen molar-refractivity contribution in [2.45, 2.75) is 0 Å². The van der Waals surface area contributed by atoms with Gasteiger partial charge in [-0.25, -0.2) is 0 Å². The van der Waals surface area contributed by atoms with Crippen LogP contribution in [0.3, 0.4) is 0 Å². The minimum absolute atomic E-state index is 0.0186. The molecule has 2 aromatic rings. The SMILES string of the molecule is O=Cc1ccc(OS(=O)(=O)Oc2ccc(C=O)cc2)cc1. The predicted octanol–water partition coefficient (Wildman–Crippen LogP) is 2.01. The second-order valence-corrected chi connectivity index (χ2v) is 5.10. The minimum Gasteiger partial charge on any atom is -0.353 e. The number of hydrogen-bond acceptors (Lipinski definition) is 6. The Kier molecular flexibility index (Phi) is 4.34. The average Bonchev–Trinajstić information content (AvgIpc) is 2.48. The number of aldehydes is 2. The molecule has 0 aliphatic carbocycles. The summed E-state index contributed by atoms with van der Waals surface area (Å²) < 4.78 is 32.8. The van der Waals surface area contributed by atoms with Crippen LogP contribution in [-0.2, 0) is 10.4 Å². The van der Waals surface area contributed by atoms with Crippen molar-refractivity contribution in [3.8, 4) is 11.5 Å². The highest BCUT2D eigenvalue weighted by molar-refractivity contribution is 7.82. The summed E-state index contributed by atoms with van der Waals surface area (Å²) >= 11 is 0. The van der Waals surface area contributed by atoms with Gasteiger partial charge in [-0.3, -0.25) is 9.59 Å². The molecule has 0 fully saturated rings. The monoisotopic (exact) mass is 306 g/mol. The van der Waals surface area contributed by atoms with E-state index < -0.39 is 10.4 Å². The van der Waals surface area contributed by atoms with Gasteiger partial charge >= 0.3 is 10.4 Å². The van der Waals surface area contributed by atoms with E-state index in [9.17, 15) is 18.0 Å². The Bertz CT molecular complexity index is 673. The van der Waals surface area contributed by atoms with Gasteiger partial charge < -0.3 is 8.37 Å². The van der Waals surface area contributed by atoms with Crippen LogP contribution < -0.4 is 8.37 Å². The second-order valence-electron chi connectivity index (χ2n) is 3.95. The molecule has 0 aliphatic rings. The minimum atomic E-state index is -4.30. The number of carbonyl (C=O) groups is 2. The van der Waals surface area contributed by atoms with Gasteiger partial charge in [0.25, 0.3) is 0 Å². The highest BCUT2D eigenvalue weighted by atomic mass is 32.3. The molecule has 2 aromatic carbocycles. The largest absolute Gasteiger partial charge is 0.500 e. The summed E-state index contributed by atoms with van der Waals surface area (Å²) in [6.07, 6.45) is 1.26. The van der Waals surface area contributed by atoms with Gasteiger partial charge in [0.2, 0.25) is 0 Å². The molecule has 0 atom stereocenters. The van der Waals surface area contributed by atoms with Gasteiger partial charge in [0.1, 0.15) is 24.1 Å². The summed E-state index contributed by atoms with van der Waals surface area (Å²) in [4.78, 5) is 21.0. The van der Waals surface area contributed by atoms with Crippen LogP contribution in [0.1, 0.15) is 20.7 Å². The zero-order valence-electron chi connectivity index (χ0n) is 10.6. The Morgan fingerprint density at radius 2 is 1.00 bits per heavy atom. The fraction of sp³-hybridized carbons (Fsp3) is 0. The molecule has 0 saturated heterocycles. The van der Waals surface area contributed by atoms with Gasteiger partial charge in [0.15, 0.2) is 0 Å². The molecule has 6 nitrogen and oxygen atoms in total. The van der Waals surface area contributed by atoms with Gasteiger partial charge in [-0.1, -0.05) is 0 Å². The van der Waals surface area contributed by atoms with E-state index in [4.69, 9.17) is 8.37 Å². The van der Waals surface area contributed by atoms with E-state index in [2.05, 4.69) is 0 Å². The molecule has 0 radical (unpaired) electrons. The molecule has 0 aliphatic heterocycles. The van der Waals surface area contributed by atoms with Crippen molar-refractivity contribution in [2.75, 3.05) is 0 Å². The number of carbonyl (C=O) groups excluding carboxylic acids is 2. The lowest BCUT2D eigenvalue weighted by molar-refractivity contribution is 0.111. The van der Waals surface area contributed by atoms with Crippen LogP contribution in [0, 0.1) is 0 Å². The maximum atomic E-state index is 11.7. The summed E-state index contributed by atoms with van der Waals surface area (Å²) in [5.41, 5.74) is 0.787. The quantitative estimate of drug-likeness (QED) is 0.759. The molecule has 0 spiro atoms. The highest BCUT2D eigenvalue weighted by Gasteiger charge is 2.15. The normalized spacial score (nSPS) is 10.7. The molecule has 0 N–H and O–H groups in total. The molecular weight excluding hydrogens is 296 g/mol. The Hall–Kier alpha value is -2.67. The number of hydrogen-bond donors (Lipinski definition) is 0. The topological polar surface area (TPSA) is 86.7 Å². The Morgan fingerprint density at radius 1 is 0.667 bits per heavy atom. The first-order valence-corrected chi connectivity index (χ1v) is 7.10. The van der Waals surface area contributed by atoms with Gasteiger partial charge in [-0.15, -0.1) is 8.42 Å². The third kappa shape index (κ3) is 4.15. The van der Waals surface area contributed by atoms with Gasteiger partial charge in [-0.2, -0.15) is 0 Å². The van der Waals surface area contributed by atoms with Crippen molar-refractivity contribution in [1.82, 2.24) is 0 Å². The first-order valence-electron chi connectivity index (χ1n) is 5.77. The third-order valence-electron chi connectivity index (χ3n) is 2.43. The van der Waals surface area contributed by atoms with Crippen molar-refractivity contribution >= 4 is 23.0 Å². The predicted molar refractivity (Wildman–Crippen MR) is 73.8 cm³/mol. The average molecular weight is 306 g/mol. The summed E-state index contributed by atoms with van der Waals surface area (Å²) in [6, 6.07) is 11.0. The standard InChI is InChI=1S/C14H10O6S/c15-9-11-1-5-13(6-2-11)19-21(17,18)20-14-7-3-12(10-16)4-8-14/h1-10H. The lowest BCUT2D eigenvalue weighted by atomic mass is 10.2. The molecule has 21 heavy (non-hydrogen) atoms. The Morgan fingerprint density at radius 3 is 1.29 bits per heavy atom. The van der Waals surface area contributed by atoms with E-state index in [1.54, 1.807) is 0 Å².